The quantitative estimate of drug-likeness (QED) is 0.585. The van der Waals surface area contributed by atoms with Gasteiger partial charge in [0.25, 0.3) is 0 Å². The third-order valence-corrected chi connectivity index (χ3v) is 3.32. The van der Waals surface area contributed by atoms with Crippen molar-refractivity contribution in [3.63, 3.8) is 0 Å². The minimum atomic E-state index is 0.221. The summed E-state index contributed by atoms with van der Waals surface area (Å²) in [5.74, 6) is 0. The Morgan fingerprint density at radius 3 is 3.00 bits per heavy atom. The van der Waals surface area contributed by atoms with Crippen LogP contribution in [0.5, 0.6) is 0 Å². The van der Waals surface area contributed by atoms with Crippen LogP contribution in [0.15, 0.2) is 29.5 Å². The zero-order chi connectivity index (χ0) is 14.8. The molecule has 5 nitrogen and oxygen atoms in total. The highest BCUT2D eigenvalue weighted by molar-refractivity contribution is 6.28. The van der Waals surface area contributed by atoms with Gasteiger partial charge in [0.2, 0.25) is 5.28 Å². The van der Waals surface area contributed by atoms with Gasteiger partial charge in [-0.3, -0.25) is 4.99 Å². The first-order valence-electron chi connectivity index (χ1n) is 6.70. The molecule has 3 heterocycles. The van der Waals surface area contributed by atoms with Crippen molar-refractivity contribution in [3.05, 3.63) is 35.5 Å². The van der Waals surface area contributed by atoms with Gasteiger partial charge in [-0.15, -0.1) is 0 Å². The van der Waals surface area contributed by atoms with E-state index in [9.17, 15) is 0 Å². The molecule has 0 bridgehead atoms. The van der Waals surface area contributed by atoms with Gasteiger partial charge in [-0.1, -0.05) is 6.92 Å². The largest absolute Gasteiger partial charge is 0.346 e. The van der Waals surface area contributed by atoms with Crippen molar-refractivity contribution in [3.8, 4) is 11.3 Å². The molecule has 21 heavy (non-hydrogen) atoms. The second-order valence-electron chi connectivity index (χ2n) is 4.59. The number of hydrogen-bond acceptors (Lipinski definition) is 4. The van der Waals surface area contributed by atoms with Crippen LogP contribution < -0.4 is 0 Å². The van der Waals surface area contributed by atoms with Crippen molar-refractivity contribution < 1.29 is 0 Å². The highest BCUT2D eigenvalue weighted by Crippen LogP contribution is 2.35. The summed E-state index contributed by atoms with van der Waals surface area (Å²) in [6.07, 6.45) is 6.29. The first-order chi connectivity index (χ1) is 10.2. The van der Waals surface area contributed by atoms with E-state index in [1.807, 2.05) is 38.4 Å². The monoisotopic (exact) mass is 299 g/mol. The highest BCUT2D eigenvalue weighted by atomic mass is 35.5. The number of aliphatic imine (C=N–C) groups is 1. The number of H-pyrrole nitrogens is 1. The normalized spacial score (nSPS) is 11.6. The molecule has 0 amide bonds. The lowest BCUT2D eigenvalue weighted by Crippen LogP contribution is -1.94. The van der Waals surface area contributed by atoms with Crippen LogP contribution in [0.4, 0.5) is 5.69 Å². The predicted octanol–water partition coefficient (Wildman–Crippen LogP) is 4.09. The van der Waals surface area contributed by atoms with E-state index in [0.29, 0.717) is 0 Å². The van der Waals surface area contributed by atoms with E-state index < -0.39 is 0 Å². The Hall–Kier alpha value is -2.27. The van der Waals surface area contributed by atoms with Gasteiger partial charge in [0.1, 0.15) is 17.0 Å². The molecule has 0 saturated carbocycles. The van der Waals surface area contributed by atoms with Crippen LogP contribution in [0.25, 0.3) is 22.3 Å². The predicted molar refractivity (Wildman–Crippen MR) is 85.3 cm³/mol. The average molecular weight is 300 g/mol. The summed E-state index contributed by atoms with van der Waals surface area (Å²) in [5.41, 5.74) is 3.98. The molecule has 0 aliphatic rings. The third kappa shape index (κ3) is 2.52. The molecule has 0 saturated heterocycles. The van der Waals surface area contributed by atoms with Gasteiger partial charge in [-0.25, -0.2) is 15.0 Å². The Morgan fingerprint density at radius 1 is 1.33 bits per heavy atom. The molecule has 0 atom stereocenters. The lowest BCUT2D eigenvalue weighted by molar-refractivity contribution is 1.10. The first-order valence-corrected chi connectivity index (χ1v) is 7.07. The number of nitrogens with zero attached hydrogens (tertiary/aromatic N) is 4. The minimum absolute atomic E-state index is 0.221. The van der Waals surface area contributed by atoms with Crippen molar-refractivity contribution >= 4 is 34.5 Å². The van der Waals surface area contributed by atoms with E-state index in [2.05, 4.69) is 24.9 Å². The standard InChI is InChI=1S/C15H14ClN5/c1-3-6-17-12-9(2)20-15(16)21-13(12)10-4-7-18-14-11(10)5-8-19-14/h4-8H,3H2,1-2H3,(H,18,19). The molecule has 0 aliphatic carbocycles. The zero-order valence-corrected chi connectivity index (χ0v) is 12.5. The molecule has 0 aromatic carbocycles. The van der Waals surface area contributed by atoms with Gasteiger partial charge in [-0.2, -0.15) is 0 Å². The topological polar surface area (TPSA) is 66.8 Å². The van der Waals surface area contributed by atoms with E-state index >= 15 is 0 Å². The zero-order valence-electron chi connectivity index (χ0n) is 11.8. The summed E-state index contributed by atoms with van der Waals surface area (Å²) < 4.78 is 0. The molecule has 0 aliphatic heterocycles. The van der Waals surface area contributed by atoms with Crippen LogP contribution in [0, 0.1) is 6.92 Å². The number of halogens is 1. The van der Waals surface area contributed by atoms with Crippen LogP contribution in [0.2, 0.25) is 5.28 Å². The number of aryl methyl sites for hydroxylation is 1. The van der Waals surface area contributed by atoms with Crippen LogP contribution in [-0.2, 0) is 0 Å². The Morgan fingerprint density at radius 2 is 2.19 bits per heavy atom. The van der Waals surface area contributed by atoms with Gasteiger partial charge >= 0.3 is 0 Å². The molecular formula is C15H14ClN5. The Balaban J connectivity index is 2.30. The molecule has 3 aromatic rings. The van der Waals surface area contributed by atoms with Crippen LogP contribution >= 0.6 is 11.6 Å². The Kier molecular flexibility index (Phi) is 3.66. The minimum Gasteiger partial charge on any atom is -0.346 e. The van der Waals surface area contributed by atoms with Gasteiger partial charge < -0.3 is 4.98 Å². The molecule has 0 unspecified atom stereocenters. The fourth-order valence-corrected chi connectivity index (χ4v) is 2.44. The van der Waals surface area contributed by atoms with Crippen molar-refractivity contribution in [1.29, 1.82) is 0 Å². The summed E-state index contributed by atoms with van der Waals surface area (Å²) in [4.78, 5) is 20.5. The van der Waals surface area contributed by atoms with E-state index in [1.54, 1.807) is 6.20 Å². The van der Waals surface area contributed by atoms with Gasteiger partial charge in [0.05, 0.1) is 5.69 Å². The molecule has 1 N–H and O–H groups in total. The summed E-state index contributed by atoms with van der Waals surface area (Å²) in [5, 5.41) is 1.21. The van der Waals surface area contributed by atoms with E-state index in [4.69, 9.17) is 11.6 Å². The van der Waals surface area contributed by atoms with Crippen LogP contribution in [0.3, 0.4) is 0 Å². The van der Waals surface area contributed by atoms with Crippen molar-refractivity contribution in [2.45, 2.75) is 20.3 Å². The van der Waals surface area contributed by atoms with Crippen molar-refractivity contribution in [2.24, 2.45) is 4.99 Å². The van der Waals surface area contributed by atoms with Gasteiger partial charge in [-0.05, 0) is 37.1 Å². The summed E-state index contributed by atoms with van der Waals surface area (Å²) in [6, 6.07) is 3.88. The summed E-state index contributed by atoms with van der Waals surface area (Å²) in [6.45, 7) is 3.92. The fraction of sp³-hybridized carbons (Fsp3) is 0.200. The molecule has 0 fully saturated rings. The third-order valence-electron chi connectivity index (χ3n) is 3.15. The molecule has 0 radical (unpaired) electrons. The summed E-state index contributed by atoms with van der Waals surface area (Å²) >= 11 is 6.03. The maximum Gasteiger partial charge on any atom is 0.223 e. The molecule has 3 rings (SSSR count). The number of rotatable bonds is 3. The molecule has 106 valence electrons. The molecule has 3 aromatic heterocycles. The first kappa shape index (κ1) is 13.7. The number of nitrogens with one attached hydrogen (secondary N) is 1. The summed E-state index contributed by atoms with van der Waals surface area (Å²) in [7, 11) is 0. The van der Waals surface area contributed by atoms with Crippen molar-refractivity contribution in [1.82, 2.24) is 19.9 Å². The lowest BCUT2D eigenvalue weighted by atomic mass is 10.1. The SMILES string of the molecule is CCC=Nc1c(C)nc(Cl)nc1-c1ccnc2[nH]ccc12. The number of fused-ring (bicyclic) bond motifs is 1. The van der Waals surface area contributed by atoms with Crippen LogP contribution in [0.1, 0.15) is 19.0 Å². The number of hydrogen-bond donors (Lipinski definition) is 1. The highest BCUT2D eigenvalue weighted by Gasteiger charge is 2.15. The number of aromatic nitrogens is 4. The molecular weight excluding hydrogens is 286 g/mol. The lowest BCUT2D eigenvalue weighted by Gasteiger charge is -2.09. The fourth-order valence-electron chi connectivity index (χ4n) is 2.23. The maximum atomic E-state index is 6.03. The van der Waals surface area contributed by atoms with Crippen molar-refractivity contribution in [2.75, 3.05) is 0 Å². The number of aromatic amines is 1. The second kappa shape index (κ2) is 5.61. The Labute approximate surface area is 127 Å². The maximum absolute atomic E-state index is 6.03. The molecule has 0 spiro atoms. The smallest absolute Gasteiger partial charge is 0.223 e. The van der Waals surface area contributed by atoms with E-state index in [1.165, 1.54) is 0 Å². The van der Waals surface area contributed by atoms with Gasteiger partial charge in [0.15, 0.2) is 0 Å². The number of pyridine rings is 1. The van der Waals surface area contributed by atoms with E-state index in [-0.39, 0.29) is 5.28 Å². The average Bonchev–Trinajstić information content (AvgIpc) is 2.94. The molecule has 6 heteroatoms. The Bertz CT molecular complexity index is 822. The van der Waals surface area contributed by atoms with Crippen LogP contribution in [-0.4, -0.2) is 26.2 Å². The van der Waals surface area contributed by atoms with E-state index in [0.717, 1.165) is 40.1 Å². The second-order valence-corrected chi connectivity index (χ2v) is 4.93. The van der Waals surface area contributed by atoms with Gasteiger partial charge in [0, 0.05) is 29.6 Å².